The van der Waals surface area contributed by atoms with Crippen molar-refractivity contribution in [2.75, 3.05) is 13.2 Å². The molecular formula is C26H26O7S. The summed E-state index contributed by atoms with van der Waals surface area (Å²) in [4.78, 5) is 11.3. The van der Waals surface area contributed by atoms with Crippen LogP contribution in [0.1, 0.15) is 25.3 Å². The van der Waals surface area contributed by atoms with Crippen LogP contribution in [0.5, 0.6) is 23.0 Å². The molecule has 0 aromatic heterocycles. The van der Waals surface area contributed by atoms with Crippen molar-refractivity contribution in [2.45, 2.75) is 36.0 Å². The third-order valence-electron chi connectivity index (χ3n) is 5.27. The van der Waals surface area contributed by atoms with Crippen LogP contribution in [0.15, 0.2) is 76.5 Å². The number of rotatable bonds is 11. The van der Waals surface area contributed by atoms with E-state index in [2.05, 4.69) is 0 Å². The molecule has 178 valence electrons. The van der Waals surface area contributed by atoms with Gasteiger partial charge in [0.15, 0.2) is 0 Å². The molecular weight excluding hydrogens is 456 g/mol. The Morgan fingerprint density at radius 2 is 1.62 bits per heavy atom. The average Bonchev–Trinajstić information content (AvgIpc) is 3.63. The van der Waals surface area contributed by atoms with Crippen molar-refractivity contribution in [3.05, 3.63) is 72.3 Å². The Balaban J connectivity index is 1.56. The normalized spacial score (nSPS) is 13.3. The van der Waals surface area contributed by atoms with Crippen molar-refractivity contribution < 1.29 is 32.5 Å². The van der Waals surface area contributed by atoms with Gasteiger partial charge in [0, 0.05) is 6.07 Å². The standard InChI is InChI=1S/C26H26O7S/c1-2-31-21-4-3-5-22(15-21)33-20-8-10-24(11-9-20)34(29,30)25-13-19(14-26(27)28)12-23(16-25)32-17-18-6-7-18/h3-5,8-13,15-16,18H,2,6-7,14,17H2,1H3,(H,27,28). The SMILES string of the molecule is CCOc1cccc(Oc2ccc(S(=O)(=O)c3cc(CC(=O)O)cc(OCC4CC4)c3)cc2)c1. The third kappa shape index (κ3) is 6.08. The van der Waals surface area contributed by atoms with Crippen LogP contribution in [-0.2, 0) is 21.1 Å². The lowest BCUT2D eigenvalue weighted by Crippen LogP contribution is -2.07. The van der Waals surface area contributed by atoms with Gasteiger partial charge in [0.25, 0.3) is 0 Å². The van der Waals surface area contributed by atoms with Crippen LogP contribution in [0.25, 0.3) is 0 Å². The molecule has 8 heteroatoms. The number of aliphatic carboxylic acids is 1. The second-order valence-corrected chi connectivity index (χ2v) is 10.1. The molecule has 0 saturated heterocycles. The molecule has 1 N–H and O–H groups in total. The van der Waals surface area contributed by atoms with Gasteiger partial charge in [-0.1, -0.05) is 6.07 Å². The Morgan fingerprint density at radius 1 is 0.882 bits per heavy atom. The van der Waals surface area contributed by atoms with Crippen molar-refractivity contribution in [2.24, 2.45) is 5.92 Å². The fourth-order valence-electron chi connectivity index (χ4n) is 3.40. The molecule has 0 amide bonds. The Kier molecular flexibility index (Phi) is 7.07. The van der Waals surface area contributed by atoms with Gasteiger partial charge in [-0.15, -0.1) is 0 Å². The first-order valence-corrected chi connectivity index (χ1v) is 12.6. The van der Waals surface area contributed by atoms with Crippen LogP contribution in [-0.4, -0.2) is 32.7 Å². The zero-order chi connectivity index (χ0) is 24.1. The number of hydrogen-bond acceptors (Lipinski definition) is 6. The van der Waals surface area contributed by atoms with Gasteiger partial charge >= 0.3 is 5.97 Å². The smallest absolute Gasteiger partial charge is 0.307 e. The molecule has 0 radical (unpaired) electrons. The van der Waals surface area contributed by atoms with Gasteiger partial charge < -0.3 is 19.3 Å². The van der Waals surface area contributed by atoms with Crippen LogP contribution in [0.2, 0.25) is 0 Å². The molecule has 1 fully saturated rings. The molecule has 3 aromatic rings. The first kappa shape index (κ1) is 23.6. The monoisotopic (exact) mass is 482 g/mol. The first-order valence-electron chi connectivity index (χ1n) is 11.1. The fraction of sp³-hybridized carbons (Fsp3) is 0.269. The average molecular weight is 483 g/mol. The Morgan fingerprint density at radius 3 is 2.29 bits per heavy atom. The highest BCUT2D eigenvalue weighted by Gasteiger charge is 2.24. The van der Waals surface area contributed by atoms with Crippen LogP contribution in [0.3, 0.4) is 0 Å². The first-order chi connectivity index (χ1) is 16.3. The summed E-state index contributed by atoms with van der Waals surface area (Å²) in [6.07, 6.45) is 1.88. The van der Waals surface area contributed by atoms with E-state index in [4.69, 9.17) is 14.2 Å². The molecule has 1 saturated carbocycles. The molecule has 0 heterocycles. The predicted octanol–water partition coefficient (Wildman–Crippen LogP) is 5.13. The van der Waals surface area contributed by atoms with E-state index in [1.165, 1.54) is 24.3 Å². The second-order valence-electron chi connectivity index (χ2n) is 8.12. The summed E-state index contributed by atoms with van der Waals surface area (Å²) in [6.45, 7) is 2.93. The topological polar surface area (TPSA) is 99.1 Å². The van der Waals surface area contributed by atoms with Crippen LogP contribution in [0.4, 0.5) is 0 Å². The molecule has 0 spiro atoms. The second kappa shape index (κ2) is 10.2. The fourth-order valence-corrected chi connectivity index (χ4v) is 4.74. The lowest BCUT2D eigenvalue weighted by atomic mass is 10.1. The summed E-state index contributed by atoms with van der Waals surface area (Å²) in [5.74, 6) is 1.52. The minimum atomic E-state index is -3.89. The number of ether oxygens (including phenoxy) is 3. The minimum Gasteiger partial charge on any atom is -0.494 e. The van der Waals surface area contributed by atoms with Crippen molar-refractivity contribution in [3.63, 3.8) is 0 Å². The van der Waals surface area contributed by atoms with Crippen molar-refractivity contribution >= 4 is 15.8 Å². The van der Waals surface area contributed by atoms with Crippen molar-refractivity contribution in [1.82, 2.24) is 0 Å². The van der Waals surface area contributed by atoms with Gasteiger partial charge in [-0.05, 0) is 85.8 Å². The lowest BCUT2D eigenvalue weighted by Gasteiger charge is -2.12. The molecule has 4 rings (SSSR count). The maximum atomic E-state index is 13.3. The van der Waals surface area contributed by atoms with E-state index in [9.17, 15) is 18.3 Å². The molecule has 0 aliphatic heterocycles. The maximum absolute atomic E-state index is 13.3. The summed E-state index contributed by atoms with van der Waals surface area (Å²) >= 11 is 0. The Labute approximate surface area is 198 Å². The molecule has 0 unspecified atom stereocenters. The van der Waals surface area contributed by atoms with E-state index in [-0.39, 0.29) is 16.2 Å². The van der Waals surface area contributed by atoms with Gasteiger partial charge in [0.2, 0.25) is 9.84 Å². The quantitative estimate of drug-likeness (QED) is 0.405. The highest BCUT2D eigenvalue weighted by atomic mass is 32.2. The van der Waals surface area contributed by atoms with Crippen molar-refractivity contribution in [1.29, 1.82) is 0 Å². The summed E-state index contributed by atoms with van der Waals surface area (Å²) in [7, 11) is -3.89. The molecule has 0 bridgehead atoms. The zero-order valence-corrected chi connectivity index (χ0v) is 19.6. The molecule has 0 atom stereocenters. The highest BCUT2D eigenvalue weighted by molar-refractivity contribution is 7.91. The summed E-state index contributed by atoms with van der Waals surface area (Å²) in [6, 6.07) is 17.7. The van der Waals surface area contributed by atoms with Crippen molar-refractivity contribution in [3.8, 4) is 23.0 Å². The van der Waals surface area contributed by atoms with E-state index < -0.39 is 15.8 Å². The predicted molar refractivity (Wildman–Crippen MR) is 126 cm³/mol. The molecule has 3 aromatic carbocycles. The number of hydrogen-bond donors (Lipinski definition) is 1. The number of sulfone groups is 1. The Hall–Kier alpha value is -3.52. The van der Waals surface area contributed by atoms with E-state index in [1.54, 1.807) is 30.3 Å². The largest absolute Gasteiger partial charge is 0.494 e. The van der Waals surface area contributed by atoms with Gasteiger partial charge in [-0.2, -0.15) is 0 Å². The number of carboxylic acids is 1. The van der Waals surface area contributed by atoms with E-state index >= 15 is 0 Å². The van der Waals surface area contributed by atoms with Gasteiger partial charge in [0.1, 0.15) is 23.0 Å². The molecule has 7 nitrogen and oxygen atoms in total. The lowest BCUT2D eigenvalue weighted by molar-refractivity contribution is -0.136. The molecule has 34 heavy (non-hydrogen) atoms. The van der Waals surface area contributed by atoms with E-state index in [0.29, 0.717) is 47.7 Å². The van der Waals surface area contributed by atoms with Gasteiger partial charge in [0.05, 0.1) is 29.4 Å². The summed E-state index contributed by atoms with van der Waals surface area (Å²) in [5.41, 5.74) is 0.369. The summed E-state index contributed by atoms with van der Waals surface area (Å²) < 4.78 is 43.6. The number of carboxylic acid groups (broad SMARTS) is 1. The number of carbonyl (C=O) groups is 1. The third-order valence-corrected chi connectivity index (χ3v) is 7.02. The Bertz CT molecular complexity index is 1260. The maximum Gasteiger partial charge on any atom is 0.307 e. The van der Waals surface area contributed by atoms with Gasteiger partial charge in [-0.3, -0.25) is 4.79 Å². The molecule has 1 aliphatic carbocycles. The van der Waals surface area contributed by atoms with Gasteiger partial charge in [-0.25, -0.2) is 8.42 Å². The minimum absolute atomic E-state index is 0.00451. The number of benzene rings is 3. The molecule has 1 aliphatic rings. The van der Waals surface area contributed by atoms with Crippen LogP contribution in [0, 0.1) is 5.92 Å². The van der Waals surface area contributed by atoms with Crippen LogP contribution >= 0.6 is 0 Å². The van der Waals surface area contributed by atoms with E-state index in [0.717, 1.165) is 12.8 Å². The summed E-state index contributed by atoms with van der Waals surface area (Å²) in [5, 5.41) is 9.18. The zero-order valence-electron chi connectivity index (χ0n) is 18.8. The van der Waals surface area contributed by atoms with Crippen LogP contribution < -0.4 is 14.2 Å². The highest BCUT2D eigenvalue weighted by Crippen LogP contribution is 2.32. The van der Waals surface area contributed by atoms with E-state index in [1.807, 2.05) is 19.1 Å².